The van der Waals surface area contributed by atoms with Gasteiger partial charge in [-0.1, -0.05) is 23.7 Å². The third kappa shape index (κ3) is 3.15. The lowest BCUT2D eigenvalue weighted by molar-refractivity contribution is 0.196. The predicted molar refractivity (Wildman–Crippen MR) is 77.3 cm³/mol. The van der Waals surface area contributed by atoms with Crippen LogP contribution in [0.2, 0.25) is 4.34 Å². The molecule has 5 heteroatoms. The van der Waals surface area contributed by atoms with E-state index in [1.807, 2.05) is 12.1 Å². The molecule has 0 saturated carbocycles. The van der Waals surface area contributed by atoms with Crippen LogP contribution in [0.25, 0.3) is 0 Å². The number of aliphatic hydroxyl groups excluding tert-OH is 1. The summed E-state index contributed by atoms with van der Waals surface area (Å²) in [6.07, 6.45) is 0.543. The lowest BCUT2D eigenvalue weighted by Crippen LogP contribution is -2.40. The monoisotopic (exact) mass is 299 g/mol. The van der Waals surface area contributed by atoms with Crippen molar-refractivity contribution in [1.29, 1.82) is 0 Å². The van der Waals surface area contributed by atoms with Gasteiger partial charge < -0.3 is 10.8 Å². The molecule has 0 radical (unpaired) electrons. The molecule has 0 aliphatic rings. The summed E-state index contributed by atoms with van der Waals surface area (Å²) in [4.78, 5) is 1.02. The fraction of sp³-hybridized carbons (Fsp3) is 0.286. The van der Waals surface area contributed by atoms with Crippen molar-refractivity contribution in [3.63, 3.8) is 0 Å². The number of hydrogen-bond acceptors (Lipinski definition) is 3. The average molecular weight is 300 g/mol. The number of thiophene rings is 1. The van der Waals surface area contributed by atoms with Crippen LogP contribution in [0, 0.1) is 5.82 Å². The summed E-state index contributed by atoms with van der Waals surface area (Å²) in [6.45, 7) is 0.102. The van der Waals surface area contributed by atoms with E-state index >= 15 is 0 Å². The molecule has 2 nitrogen and oxygen atoms in total. The minimum absolute atomic E-state index is 0.136. The van der Waals surface area contributed by atoms with Crippen molar-refractivity contribution in [3.05, 3.63) is 57.0 Å². The summed E-state index contributed by atoms with van der Waals surface area (Å²) in [7, 11) is 0. The van der Waals surface area contributed by atoms with E-state index < -0.39 is 5.41 Å². The molecule has 19 heavy (non-hydrogen) atoms. The average Bonchev–Trinajstić information content (AvgIpc) is 2.81. The number of benzene rings is 1. The zero-order valence-electron chi connectivity index (χ0n) is 10.3. The Hall–Kier alpha value is -0.940. The lowest BCUT2D eigenvalue weighted by Gasteiger charge is -2.30. The Labute approximate surface area is 120 Å². The Bertz CT molecular complexity index is 554. The molecule has 0 spiro atoms. The van der Waals surface area contributed by atoms with Crippen molar-refractivity contribution in [2.75, 3.05) is 13.2 Å². The highest BCUT2D eigenvalue weighted by molar-refractivity contribution is 7.16. The van der Waals surface area contributed by atoms with Crippen molar-refractivity contribution in [2.24, 2.45) is 5.73 Å². The Morgan fingerprint density at radius 3 is 2.63 bits per heavy atom. The molecule has 3 N–H and O–H groups in total. The Morgan fingerprint density at radius 2 is 2.11 bits per heavy atom. The maximum Gasteiger partial charge on any atom is 0.123 e. The van der Waals surface area contributed by atoms with Gasteiger partial charge in [0.1, 0.15) is 5.82 Å². The van der Waals surface area contributed by atoms with Gasteiger partial charge >= 0.3 is 0 Å². The van der Waals surface area contributed by atoms with Gasteiger partial charge in [-0.2, -0.15) is 0 Å². The topological polar surface area (TPSA) is 46.2 Å². The van der Waals surface area contributed by atoms with Gasteiger partial charge in [0.05, 0.1) is 10.9 Å². The quantitative estimate of drug-likeness (QED) is 0.891. The van der Waals surface area contributed by atoms with Gasteiger partial charge in [0.2, 0.25) is 0 Å². The summed E-state index contributed by atoms with van der Waals surface area (Å²) in [5.41, 5.74) is 5.88. The predicted octanol–water partition coefficient (Wildman–Crippen LogP) is 2.97. The molecule has 102 valence electrons. The molecule has 0 bridgehead atoms. The van der Waals surface area contributed by atoms with Crippen LogP contribution in [-0.4, -0.2) is 18.3 Å². The number of nitrogens with two attached hydrogens (primary N) is 1. The molecule has 1 unspecified atom stereocenters. The molecule has 0 fully saturated rings. The van der Waals surface area contributed by atoms with Crippen LogP contribution in [0.5, 0.6) is 0 Å². The molecule has 1 aromatic carbocycles. The molecule has 0 amide bonds. The zero-order valence-corrected chi connectivity index (χ0v) is 11.8. The fourth-order valence-corrected chi connectivity index (χ4v) is 3.33. The Balaban J connectivity index is 2.37. The van der Waals surface area contributed by atoms with Crippen LogP contribution < -0.4 is 5.73 Å². The third-order valence-electron chi connectivity index (χ3n) is 3.27. The summed E-state index contributed by atoms with van der Waals surface area (Å²) in [5.74, 6) is -0.326. The second-order valence-corrected chi connectivity index (χ2v) is 6.34. The van der Waals surface area contributed by atoms with Gasteiger partial charge in [0.15, 0.2) is 0 Å². The Morgan fingerprint density at radius 1 is 1.32 bits per heavy atom. The van der Waals surface area contributed by atoms with Crippen LogP contribution in [0.3, 0.4) is 0 Å². The largest absolute Gasteiger partial charge is 0.395 e. The second kappa shape index (κ2) is 6.01. The highest BCUT2D eigenvalue weighted by Gasteiger charge is 2.31. The van der Waals surface area contributed by atoms with Crippen LogP contribution in [0.4, 0.5) is 4.39 Å². The standard InChI is InChI=1S/C14H15ClFNOS/c15-13-5-4-12(19-13)7-14(8-17,9-18)10-2-1-3-11(16)6-10/h1-6,18H,7-9,17H2. The number of rotatable bonds is 5. The molecule has 1 heterocycles. The SMILES string of the molecule is NCC(CO)(Cc1ccc(Cl)s1)c1cccc(F)c1. The highest BCUT2D eigenvalue weighted by atomic mass is 35.5. The van der Waals surface area contributed by atoms with E-state index in [-0.39, 0.29) is 19.0 Å². The van der Waals surface area contributed by atoms with E-state index in [1.54, 1.807) is 12.1 Å². The molecule has 0 aliphatic heterocycles. The molecular weight excluding hydrogens is 285 g/mol. The fourth-order valence-electron chi connectivity index (χ4n) is 2.10. The first-order valence-electron chi connectivity index (χ1n) is 5.91. The minimum Gasteiger partial charge on any atom is -0.395 e. The van der Waals surface area contributed by atoms with Crippen molar-refractivity contribution >= 4 is 22.9 Å². The first-order chi connectivity index (χ1) is 9.09. The normalized spacial score (nSPS) is 14.3. The molecule has 2 aromatic rings. The van der Waals surface area contributed by atoms with Crippen LogP contribution in [0.15, 0.2) is 36.4 Å². The third-order valence-corrected chi connectivity index (χ3v) is 4.50. The maximum atomic E-state index is 13.4. The lowest BCUT2D eigenvalue weighted by atomic mass is 9.78. The van der Waals surface area contributed by atoms with Crippen molar-refractivity contribution < 1.29 is 9.50 Å². The molecule has 1 aromatic heterocycles. The highest BCUT2D eigenvalue weighted by Crippen LogP contribution is 2.32. The van der Waals surface area contributed by atoms with Crippen LogP contribution >= 0.6 is 22.9 Å². The van der Waals surface area contributed by atoms with E-state index in [9.17, 15) is 9.50 Å². The van der Waals surface area contributed by atoms with E-state index in [0.717, 1.165) is 4.88 Å². The Kier molecular flexibility index (Phi) is 4.58. The number of aliphatic hydroxyl groups is 1. The van der Waals surface area contributed by atoms with E-state index in [2.05, 4.69) is 0 Å². The van der Waals surface area contributed by atoms with Crippen molar-refractivity contribution in [1.82, 2.24) is 0 Å². The van der Waals surface area contributed by atoms with Gasteiger partial charge in [0, 0.05) is 16.8 Å². The first-order valence-corrected chi connectivity index (χ1v) is 7.10. The maximum absolute atomic E-state index is 13.4. The zero-order chi connectivity index (χ0) is 13.9. The van der Waals surface area contributed by atoms with Gasteiger partial charge in [0.25, 0.3) is 0 Å². The molecule has 1 atom stereocenters. The van der Waals surface area contributed by atoms with Gasteiger partial charge in [-0.15, -0.1) is 11.3 Å². The smallest absolute Gasteiger partial charge is 0.123 e. The van der Waals surface area contributed by atoms with Crippen molar-refractivity contribution in [3.8, 4) is 0 Å². The van der Waals surface area contributed by atoms with Crippen molar-refractivity contribution in [2.45, 2.75) is 11.8 Å². The summed E-state index contributed by atoms with van der Waals surface area (Å²) in [6, 6.07) is 9.95. The first kappa shape index (κ1) is 14.5. The van der Waals surface area contributed by atoms with Gasteiger partial charge in [-0.05, 0) is 36.2 Å². The molecule has 0 saturated heterocycles. The van der Waals surface area contributed by atoms with Gasteiger partial charge in [-0.25, -0.2) is 4.39 Å². The van der Waals surface area contributed by atoms with Crippen LogP contribution in [0.1, 0.15) is 10.4 Å². The summed E-state index contributed by atoms with van der Waals surface area (Å²) < 4.78 is 14.1. The number of hydrogen-bond donors (Lipinski definition) is 2. The van der Waals surface area contributed by atoms with Crippen LogP contribution in [-0.2, 0) is 11.8 Å². The van der Waals surface area contributed by atoms with E-state index in [1.165, 1.54) is 23.5 Å². The molecule has 2 rings (SSSR count). The number of halogens is 2. The van der Waals surface area contributed by atoms with E-state index in [0.29, 0.717) is 16.3 Å². The molecular formula is C14H15ClFNOS. The summed E-state index contributed by atoms with van der Waals surface area (Å²) in [5, 5.41) is 9.76. The van der Waals surface area contributed by atoms with E-state index in [4.69, 9.17) is 17.3 Å². The molecule has 0 aliphatic carbocycles. The second-order valence-electron chi connectivity index (χ2n) is 4.54. The minimum atomic E-state index is -0.670. The summed E-state index contributed by atoms with van der Waals surface area (Å²) >= 11 is 7.36. The van der Waals surface area contributed by atoms with Gasteiger partial charge in [-0.3, -0.25) is 0 Å².